The average Bonchev–Trinajstić information content (AvgIpc) is 2.89. The Labute approximate surface area is 247 Å². The Bertz CT molecular complexity index is 1100. The first kappa shape index (κ1) is 34.9. The first-order valence-corrected chi connectivity index (χ1v) is 20.0. The predicted octanol–water partition coefficient (Wildman–Crippen LogP) is 6.65. The normalized spacial score (nSPS) is 15.2. The lowest BCUT2D eigenvalue weighted by Crippen LogP contribution is -2.52. The van der Waals surface area contributed by atoms with Gasteiger partial charge in [-0.25, -0.2) is 0 Å². The van der Waals surface area contributed by atoms with E-state index in [0.29, 0.717) is 19.7 Å². The molecule has 8 nitrogen and oxygen atoms in total. The van der Waals surface area contributed by atoms with Crippen molar-refractivity contribution in [1.82, 2.24) is 10.2 Å². The molecule has 0 aliphatic carbocycles. The molecule has 0 bridgehead atoms. The van der Waals surface area contributed by atoms with Gasteiger partial charge in [0.05, 0.1) is 19.1 Å². The number of hydrogen-bond acceptors (Lipinski definition) is 6. The van der Waals surface area contributed by atoms with Crippen molar-refractivity contribution in [3.8, 4) is 0 Å². The highest BCUT2D eigenvalue weighted by molar-refractivity contribution is 7.53. The highest BCUT2D eigenvalue weighted by Gasteiger charge is 2.41. The molecule has 0 heterocycles. The summed E-state index contributed by atoms with van der Waals surface area (Å²) in [6.07, 6.45) is -0.927. The van der Waals surface area contributed by atoms with E-state index in [-0.39, 0.29) is 31.3 Å². The maximum Gasteiger partial charge on any atom is 0.327 e. The Morgan fingerprint density at radius 1 is 0.976 bits per heavy atom. The van der Waals surface area contributed by atoms with Crippen molar-refractivity contribution in [3.63, 3.8) is 0 Å². The van der Waals surface area contributed by atoms with E-state index in [4.69, 9.17) is 14.2 Å². The number of nitrogens with zero attached hydrogens (tertiary/aromatic N) is 1. The van der Waals surface area contributed by atoms with Crippen molar-refractivity contribution >= 4 is 27.5 Å². The molecule has 10 heteroatoms. The molecule has 2 rings (SSSR count). The summed E-state index contributed by atoms with van der Waals surface area (Å²) in [5.74, 6) is -1.36. The number of aliphatic carboxylic acids is 1. The van der Waals surface area contributed by atoms with Crippen molar-refractivity contribution in [1.29, 1.82) is 0 Å². The number of carbonyl (C=O) groups is 2. The Morgan fingerprint density at radius 3 is 1.95 bits per heavy atom. The molecule has 0 radical (unpaired) electrons. The standard InChI is InChI=1S/C31H49N2O6PSi/c1-25(33(22-26-14-10-8-11-15-26)23-27-16-12-9-13-17-27)30(39-40(4,37)38-20-21-41(5,6)7)31(2,3)24-32-28(34)18-19-29(35)36/h8-17,25,30H,18-24H2,1-7H3,(H,32,34)(H,35,36)/t25-,30-,40?/m0/s1. The van der Waals surface area contributed by atoms with Gasteiger partial charge in [0.15, 0.2) is 0 Å². The van der Waals surface area contributed by atoms with E-state index in [1.807, 2.05) is 50.2 Å². The number of carbonyl (C=O) groups excluding carboxylic acids is 1. The summed E-state index contributed by atoms with van der Waals surface area (Å²) in [4.78, 5) is 25.7. The van der Waals surface area contributed by atoms with Gasteiger partial charge in [-0.15, -0.1) is 0 Å². The second-order valence-electron chi connectivity index (χ2n) is 12.7. The Balaban J connectivity index is 2.37. The SMILES string of the molecule is C[C@@H]([C@H](OP(C)(=O)OCC[Si](C)(C)C)C(C)(C)CNC(=O)CCC(=O)O)N(Cc1ccccc1)Cc1ccccc1. The summed E-state index contributed by atoms with van der Waals surface area (Å²) in [5.41, 5.74) is 1.61. The molecule has 1 amide bonds. The van der Waals surface area contributed by atoms with Gasteiger partial charge in [-0.1, -0.05) is 94.2 Å². The fourth-order valence-corrected chi connectivity index (χ4v) is 6.79. The van der Waals surface area contributed by atoms with E-state index in [9.17, 15) is 14.2 Å². The third-order valence-electron chi connectivity index (χ3n) is 7.03. The molecule has 0 saturated heterocycles. The van der Waals surface area contributed by atoms with Crippen molar-refractivity contribution in [2.75, 3.05) is 19.8 Å². The van der Waals surface area contributed by atoms with Crippen LogP contribution in [0.4, 0.5) is 0 Å². The van der Waals surface area contributed by atoms with Gasteiger partial charge in [0, 0.05) is 52.3 Å². The van der Waals surface area contributed by atoms with Gasteiger partial charge in [-0.05, 0) is 24.1 Å². The number of hydrogen-bond donors (Lipinski definition) is 2. The van der Waals surface area contributed by atoms with E-state index < -0.39 is 33.2 Å². The van der Waals surface area contributed by atoms with E-state index in [2.05, 4.69) is 61.0 Å². The molecule has 0 aliphatic rings. The molecule has 0 aromatic heterocycles. The highest BCUT2D eigenvalue weighted by atomic mass is 31.2. The summed E-state index contributed by atoms with van der Waals surface area (Å²) in [5, 5.41) is 11.8. The molecule has 3 atom stereocenters. The van der Waals surface area contributed by atoms with Crippen LogP contribution in [0.15, 0.2) is 60.7 Å². The van der Waals surface area contributed by atoms with Crippen LogP contribution in [0.25, 0.3) is 0 Å². The topological polar surface area (TPSA) is 105 Å². The predicted molar refractivity (Wildman–Crippen MR) is 168 cm³/mol. The van der Waals surface area contributed by atoms with Crippen molar-refractivity contribution in [2.24, 2.45) is 5.41 Å². The van der Waals surface area contributed by atoms with Crippen LogP contribution in [0.3, 0.4) is 0 Å². The third-order valence-corrected chi connectivity index (χ3v) is 10.00. The first-order valence-electron chi connectivity index (χ1n) is 14.3. The van der Waals surface area contributed by atoms with Crippen LogP contribution in [0.2, 0.25) is 25.7 Å². The summed E-state index contributed by atoms with van der Waals surface area (Å²) < 4.78 is 26.0. The first-order chi connectivity index (χ1) is 19.1. The van der Waals surface area contributed by atoms with Gasteiger partial charge in [0.2, 0.25) is 5.91 Å². The lowest BCUT2D eigenvalue weighted by Gasteiger charge is -2.43. The quantitative estimate of drug-likeness (QED) is 0.145. The van der Waals surface area contributed by atoms with Crippen LogP contribution in [-0.4, -0.2) is 61.9 Å². The molecule has 0 aliphatic heterocycles. The third kappa shape index (κ3) is 13.5. The molecule has 1 unspecified atom stereocenters. The monoisotopic (exact) mass is 604 g/mol. The van der Waals surface area contributed by atoms with Crippen LogP contribution in [-0.2, 0) is 36.3 Å². The molecule has 228 valence electrons. The van der Waals surface area contributed by atoms with E-state index in [1.54, 1.807) is 0 Å². The minimum absolute atomic E-state index is 0.104. The fraction of sp³-hybridized carbons (Fsp3) is 0.548. The lowest BCUT2D eigenvalue weighted by atomic mass is 9.82. The van der Waals surface area contributed by atoms with E-state index in [0.717, 1.165) is 17.2 Å². The number of carboxylic acid groups (broad SMARTS) is 1. The largest absolute Gasteiger partial charge is 0.481 e. The zero-order chi connectivity index (χ0) is 30.7. The number of benzene rings is 2. The number of nitrogens with one attached hydrogen (secondary N) is 1. The fourth-order valence-electron chi connectivity index (χ4n) is 4.55. The zero-order valence-electron chi connectivity index (χ0n) is 25.8. The summed E-state index contributed by atoms with van der Waals surface area (Å²) in [6.45, 7) is 16.1. The van der Waals surface area contributed by atoms with E-state index >= 15 is 0 Å². The van der Waals surface area contributed by atoms with Crippen LogP contribution in [0, 0.1) is 5.41 Å². The maximum atomic E-state index is 13.7. The molecular weight excluding hydrogens is 555 g/mol. The minimum Gasteiger partial charge on any atom is -0.481 e. The second-order valence-corrected chi connectivity index (χ2v) is 20.4. The van der Waals surface area contributed by atoms with Gasteiger partial charge < -0.3 is 19.5 Å². The summed E-state index contributed by atoms with van der Waals surface area (Å²) in [6, 6.07) is 21.0. The highest BCUT2D eigenvalue weighted by Crippen LogP contribution is 2.49. The van der Waals surface area contributed by atoms with Gasteiger partial charge >= 0.3 is 13.6 Å². The van der Waals surface area contributed by atoms with Crippen LogP contribution < -0.4 is 5.32 Å². The van der Waals surface area contributed by atoms with Gasteiger partial charge in [0.25, 0.3) is 0 Å². The molecule has 0 fully saturated rings. The number of carboxylic acids is 1. The lowest BCUT2D eigenvalue weighted by molar-refractivity contribution is -0.139. The molecule has 2 aromatic rings. The maximum absolute atomic E-state index is 13.7. The number of rotatable bonds is 18. The molecule has 41 heavy (non-hydrogen) atoms. The Morgan fingerprint density at radius 2 is 1.49 bits per heavy atom. The smallest absolute Gasteiger partial charge is 0.327 e. The molecule has 0 saturated carbocycles. The van der Waals surface area contributed by atoms with Crippen LogP contribution >= 0.6 is 7.60 Å². The number of amides is 1. The summed E-state index contributed by atoms with van der Waals surface area (Å²) in [7, 11) is -4.86. The second kappa shape index (κ2) is 15.8. The summed E-state index contributed by atoms with van der Waals surface area (Å²) >= 11 is 0. The zero-order valence-corrected chi connectivity index (χ0v) is 27.7. The van der Waals surface area contributed by atoms with Crippen molar-refractivity contribution < 1.29 is 28.3 Å². The minimum atomic E-state index is -3.46. The van der Waals surface area contributed by atoms with Gasteiger partial charge in [0.1, 0.15) is 0 Å². The van der Waals surface area contributed by atoms with Crippen molar-refractivity contribution in [3.05, 3.63) is 71.8 Å². The molecule has 2 aromatic carbocycles. The van der Waals surface area contributed by atoms with E-state index in [1.165, 1.54) is 6.66 Å². The Hall–Kier alpha value is -2.29. The Kier molecular flexibility index (Phi) is 13.5. The molecule has 0 spiro atoms. The van der Waals surface area contributed by atoms with Gasteiger partial charge in [-0.3, -0.25) is 19.1 Å². The van der Waals surface area contributed by atoms with Crippen LogP contribution in [0.1, 0.15) is 44.7 Å². The average molecular weight is 605 g/mol. The van der Waals surface area contributed by atoms with Crippen molar-refractivity contribution in [2.45, 2.75) is 84.5 Å². The molecule has 2 N–H and O–H groups in total. The van der Waals surface area contributed by atoms with Crippen LogP contribution in [0.5, 0.6) is 0 Å². The molecular formula is C31H49N2O6PSi. The van der Waals surface area contributed by atoms with Gasteiger partial charge in [-0.2, -0.15) is 0 Å².